The van der Waals surface area contributed by atoms with Crippen LogP contribution in [0.1, 0.15) is 94.6 Å². The lowest BCUT2D eigenvalue weighted by Gasteiger charge is -2.50. The first-order chi connectivity index (χ1) is 21.4. The van der Waals surface area contributed by atoms with Crippen molar-refractivity contribution in [3.63, 3.8) is 0 Å². The molecule has 0 bridgehead atoms. The molecule has 2 amide bonds. The van der Waals surface area contributed by atoms with Crippen LogP contribution < -0.4 is 11.1 Å². The van der Waals surface area contributed by atoms with Crippen molar-refractivity contribution in [2.75, 3.05) is 7.11 Å². The van der Waals surface area contributed by atoms with Crippen molar-refractivity contribution < 1.29 is 44.3 Å². The zero-order chi connectivity index (χ0) is 32.5. The average molecular weight is 631 g/mol. The van der Waals surface area contributed by atoms with E-state index in [1.807, 2.05) is 6.07 Å². The Kier molecular flexibility index (Phi) is 10.4. The number of primary amides is 1. The molecule has 1 aromatic carbocycles. The summed E-state index contributed by atoms with van der Waals surface area (Å²) in [6.45, 7) is 2.26. The maximum atomic E-state index is 12.9. The molecule has 11 nitrogen and oxygen atoms in total. The molecule has 1 aromatic rings. The monoisotopic (exact) mass is 630 g/mol. The Morgan fingerprint density at radius 1 is 1.04 bits per heavy atom. The van der Waals surface area contributed by atoms with Crippen LogP contribution in [0.5, 0.6) is 5.75 Å². The summed E-state index contributed by atoms with van der Waals surface area (Å²) in [5, 5.41) is 44.2. The van der Waals surface area contributed by atoms with Crippen LogP contribution in [0.25, 0.3) is 0 Å². The van der Waals surface area contributed by atoms with Gasteiger partial charge in [0.15, 0.2) is 0 Å². The first-order valence-corrected chi connectivity index (χ1v) is 16.6. The molecule has 250 valence electrons. The van der Waals surface area contributed by atoms with E-state index in [2.05, 4.69) is 18.3 Å². The van der Waals surface area contributed by atoms with Gasteiger partial charge in [-0.2, -0.15) is 0 Å². The maximum absolute atomic E-state index is 12.9. The lowest BCUT2D eigenvalue weighted by molar-refractivity contribution is -0.158. The third-order valence-electron chi connectivity index (χ3n) is 11.6. The van der Waals surface area contributed by atoms with Gasteiger partial charge >= 0.3 is 5.97 Å². The molecule has 0 aliphatic heterocycles. The van der Waals surface area contributed by atoms with Gasteiger partial charge in [-0.15, -0.1) is 0 Å². The number of benzene rings is 1. The molecule has 45 heavy (non-hydrogen) atoms. The van der Waals surface area contributed by atoms with Gasteiger partial charge in [0.1, 0.15) is 11.9 Å². The van der Waals surface area contributed by atoms with Gasteiger partial charge in [-0.05, 0) is 105 Å². The largest absolute Gasteiger partial charge is 0.508 e. The number of nitrogens with two attached hydrogens (primary N) is 1. The van der Waals surface area contributed by atoms with E-state index in [1.54, 1.807) is 6.07 Å². The minimum Gasteiger partial charge on any atom is -0.508 e. The number of amides is 2. The van der Waals surface area contributed by atoms with Crippen LogP contribution >= 0.6 is 0 Å². The Hall–Kier alpha value is -2.73. The van der Waals surface area contributed by atoms with Crippen LogP contribution in [0.2, 0.25) is 0 Å². The number of hydrogen-bond acceptors (Lipinski definition) is 9. The van der Waals surface area contributed by atoms with Crippen LogP contribution in [0, 0.1) is 23.2 Å². The maximum Gasteiger partial charge on any atom is 0.306 e. The molecule has 0 spiro atoms. The molecule has 7 N–H and O–H groups in total. The van der Waals surface area contributed by atoms with Crippen LogP contribution in [0.3, 0.4) is 0 Å². The highest BCUT2D eigenvalue weighted by Gasteiger charge is 2.56. The second-order valence-corrected chi connectivity index (χ2v) is 14.1. The Morgan fingerprint density at radius 2 is 1.78 bits per heavy atom. The van der Waals surface area contributed by atoms with Gasteiger partial charge in [-0.3, -0.25) is 14.4 Å². The Bertz CT molecular complexity index is 1240. The Balaban J connectivity index is 1.05. The number of ether oxygens (including phenoxy) is 2. The molecule has 11 heteroatoms. The van der Waals surface area contributed by atoms with E-state index in [4.69, 9.17) is 15.2 Å². The number of methoxy groups -OCH3 is 1. The number of fused-ring (bicyclic) bond motifs is 5. The normalized spacial score (nSPS) is 35.3. The highest BCUT2D eigenvalue weighted by molar-refractivity contribution is 5.79. The highest BCUT2D eigenvalue weighted by atomic mass is 16.5. The lowest BCUT2D eigenvalue weighted by Crippen LogP contribution is -2.57. The predicted molar refractivity (Wildman–Crippen MR) is 164 cm³/mol. The zero-order valence-electron chi connectivity index (χ0n) is 26.4. The average Bonchev–Trinajstić information content (AvgIpc) is 3.34. The van der Waals surface area contributed by atoms with Gasteiger partial charge in [0, 0.05) is 25.4 Å². The van der Waals surface area contributed by atoms with Crippen molar-refractivity contribution in [3.05, 3.63) is 29.3 Å². The summed E-state index contributed by atoms with van der Waals surface area (Å²) in [7, 11) is 1.44. The number of phenols is 1. The van der Waals surface area contributed by atoms with Gasteiger partial charge in [-0.1, -0.05) is 13.0 Å². The van der Waals surface area contributed by atoms with Gasteiger partial charge in [-0.25, -0.2) is 0 Å². The van der Waals surface area contributed by atoms with Gasteiger partial charge in [0.25, 0.3) is 0 Å². The molecule has 11 atom stereocenters. The molecule has 4 aliphatic rings. The van der Waals surface area contributed by atoms with Crippen LogP contribution in [-0.2, 0) is 30.3 Å². The lowest BCUT2D eigenvalue weighted by atomic mass is 9.55. The van der Waals surface area contributed by atoms with Crippen molar-refractivity contribution in [3.8, 4) is 5.75 Å². The number of nitrogens with one attached hydrogen (secondary N) is 1. The van der Waals surface area contributed by atoms with Crippen molar-refractivity contribution in [1.82, 2.24) is 5.32 Å². The zero-order valence-corrected chi connectivity index (χ0v) is 26.4. The fraction of sp³-hybridized carbons (Fsp3) is 0.735. The molecule has 4 aliphatic carbocycles. The van der Waals surface area contributed by atoms with Crippen LogP contribution in [0.4, 0.5) is 0 Å². The number of carbonyl (C=O) groups excluding carboxylic acids is 3. The summed E-state index contributed by atoms with van der Waals surface area (Å²) in [5.74, 6) is -0.652. The molecular weight excluding hydrogens is 580 g/mol. The third-order valence-corrected chi connectivity index (χ3v) is 11.6. The van der Waals surface area contributed by atoms with Crippen molar-refractivity contribution >= 4 is 17.8 Å². The minimum atomic E-state index is -1.21. The molecule has 0 saturated heterocycles. The van der Waals surface area contributed by atoms with Crippen molar-refractivity contribution in [1.29, 1.82) is 0 Å². The predicted octanol–water partition coefficient (Wildman–Crippen LogP) is 2.20. The second kappa shape index (κ2) is 13.9. The van der Waals surface area contributed by atoms with E-state index in [0.717, 1.165) is 38.5 Å². The number of carbonyl (C=O) groups is 3. The number of hydrogen-bond donors (Lipinski definition) is 6. The Morgan fingerprint density at radius 3 is 2.49 bits per heavy atom. The highest BCUT2D eigenvalue weighted by Crippen LogP contribution is 2.61. The summed E-state index contributed by atoms with van der Waals surface area (Å²) in [5.41, 5.74) is 7.95. The Labute approximate surface area is 264 Å². The molecule has 0 aromatic heterocycles. The summed E-state index contributed by atoms with van der Waals surface area (Å²) in [6.07, 6.45) is 2.28. The summed E-state index contributed by atoms with van der Waals surface area (Å²) in [4.78, 5) is 37.2. The van der Waals surface area contributed by atoms with Gasteiger partial charge < -0.3 is 41.0 Å². The fourth-order valence-electron chi connectivity index (χ4n) is 9.08. The quantitative estimate of drug-likeness (QED) is 0.199. The number of rotatable bonds is 11. The standard InChI is InChI=1S/C34H50N2O9/c1-34-16-15-21-20-6-4-19(37)17-18(20)3-5-22(21)23(34)7-12-28(34)45-30(41)14-10-26(39)25(38)9-13-29(40)36-24-8-11-27(44-2)31(32(24)42)33(35)43/h4,6,17,21-28,31-32,37-39,42H,3,5,7-16H2,1-2H3,(H2,35,43)(H,36,40). The first kappa shape index (κ1) is 33.6. The van der Waals surface area contributed by atoms with E-state index in [-0.39, 0.29) is 43.2 Å². The summed E-state index contributed by atoms with van der Waals surface area (Å²) < 4.78 is 11.3. The molecular formula is C34H50N2O9. The van der Waals surface area contributed by atoms with Crippen molar-refractivity contribution in [2.45, 2.75) is 126 Å². The summed E-state index contributed by atoms with van der Waals surface area (Å²) >= 11 is 0. The second-order valence-electron chi connectivity index (χ2n) is 14.1. The molecule has 11 unspecified atom stereocenters. The fourth-order valence-corrected chi connectivity index (χ4v) is 9.08. The smallest absolute Gasteiger partial charge is 0.306 e. The molecule has 0 heterocycles. The molecule has 0 radical (unpaired) electrons. The van der Waals surface area contributed by atoms with Gasteiger partial charge in [0.2, 0.25) is 11.8 Å². The number of esters is 1. The number of aromatic hydroxyl groups is 1. The number of aryl methyl sites for hydroxylation is 1. The summed E-state index contributed by atoms with van der Waals surface area (Å²) in [6, 6.07) is 5.10. The topological polar surface area (TPSA) is 189 Å². The van der Waals surface area contributed by atoms with E-state index in [9.17, 15) is 34.8 Å². The number of aliphatic hydroxyl groups excluding tert-OH is 3. The van der Waals surface area contributed by atoms with E-state index in [1.165, 1.54) is 18.2 Å². The SMILES string of the molecule is COC1CCC(NC(=O)CCC(O)C(O)CCC(=O)OC2CCC3C4CCc5cc(O)ccc5C4CCC23C)C(O)C1C(N)=O. The van der Waals surface area contributed by atoms with Crippen LogP contribution in [-0.4, -0.2) is 81.9 Å². The molecule has 5 rings (SSSR count). The van der Waals surface area contributed by atoms with E-state index < -0.39 is 48.2 Å². The van der Waals surface area contributed by atoms with Gasteiger partial charge in [0.05, 0.1) is 36.4 Å². The minimum absolute atomic E-state index is 0.0167. The third kappa shape index (κ3) is 7.01. The van der Waals surface area contributed by atoms with Crippen molar-refractivity contribution in [2.24, 2.45) is 28.9 Å². The molecule has 3 fully saturated rings. The number of phenolic OH excluding ortho intramolecular Hbond substituents is 1. The van der Waals surface area contributed by atoms with E-state index >= 15 is 0 Å². The first-order valence-electron chi connectivity index (χ1n) is 16.6. The number of aliphatic hydroxyl groups is 3. The van der Waals surface area contributed by atoms with E-state index in [0.29, 0.717) is 36.3 Å². The van der Waals surface area contributed by atoms with Crippen LogP contribution in [0.15, 0.2) is 18.2 Å². The molecule has 3 saturated carbocycles.